The maximum Gasteiger partial charge on any atom is 0.119 e. The van der Waals surface area contributed by atoms with Crippen molar-refractivity contribution in [2.24, 2.45) is 5.73 Å². The number of nitrogens with two attached hydrogens (primary N) is 1. The molecule has 2 rings (SSSR count). The largest absolute Gasteiger partial charge is 0.492 e. The molecule has 0 heterocycles. The zero-order valence-electron chi connectivity index (χ0n) is 13.8. The normalized spacial score (nSPS) is 12.4. The molecule has 1 atom stereocenters. The summed E-state index contributed by atoms with van der Waals surface area (Å²) in [5.74, 6) is 0.916. The summed E-state index contributed by atoms with van der Waals surface area (Å²) < 4.78 is 5.71. The Kier molecular flexibility index (Phi) is 5.99. The maximum atomic E-state index is 5.83. The Balaban J connectivity index is 1.97. The Morgan fingerprint density at radius 2 is 1.50 bits per heavy atom. The van der Waals surface area contributed by atoms with E-state index >= 15 is 0 Å². The van der Waals surface area contributed by atoms with Crippen LogP contribution in [0.2, 0.25) is 0 Å². The van der Waals surface area contributed by atoms with Gasteiger partial charge in [0, 0.05) is 12.6 Å². The van der Waals surface area contributed by atoms with Gasteiger partial charge in [-0.05, 0) is 56.3 Å². The Morgan fingerprint density at radius 1 is 0.955 bits per heavy atom. The van der Waals surface area contributed by atoms with Crippen LogP contribution in [0.15, 0.2) is 48.5 Å². The molecule has 0 radical (unpaired) electrons. The first kappa shape index (κ1) is 16.5. The van der Waals surface area contributed by atoms with Gasteiger partial charge in [0.05, 0.1) is 0 Å². The molecule has 0 saturated carbocycles. The number of rotatable bonds is 7. The molecule has 0 fully saturated rings. The van der Waals surface area contributed by atoms with Crippen LogP contribution < -0.4 is 10.5 Å². The van der Waals surface area contributed by atoms with E-state index in [1.165, 1.54) is 16.7 Å². The second-order valence-electron chi connectivity index (χ2n) is 6.05. The number of ether oxygens (including phenoxy) is 1. The van der Waals surface area contributed by atoms with Crippen LogP contribution in [0.3, 0.4) is 0 Å². The quantitative estimate of drug-likeness (QED) is 0.853. The number of hydrogen-bond donors (Lipinski definition) is 1. The first-order valence-electron chi connectivity index (χ1n) is 7.77. The number of hydrogen-bond acceptors (Lipinski definition) is 3. The fourth-order valence-corrected chi connectivity index (χ4v) is 2.29. The molecule has 2 aromatic rings. The highest BCUT2D eigenvalue weighted by molar-refractivity contribution is 5.64. The smallest absolute Gasteiger partial charge is 0.119 e. The van der Waals surface area contributed by atoms with Crippen molar-refractivity contribution in [2.45, 2.75) is 19.4 Å². The predicted octanol–water partition coefficient (Wildman–Crippen LogP) is 3.18. The van der Waals surface area contributed by atoms with Gasteiger partial charge in [-0.15, -0.1) is 0 Å². The average Bonchev–Trinajstić information content (AvgIpc) is 2.48. The van der Waals surface area contributed by atoms with Crippen LogP contribution in [-0.4, -0.2) is 38.2 Å². The van der Waals surface area contributed by atoms with E-state index in [2.05, 4.69) is 41.3 Å². The summed E-state index contributed by atoms with van der Waals surface area (Å²) >= 11 is 0. The minimum Gasteiger partial charge on any atom is -0.492 e. The number of nitrogens with zero attached hydrogens (tertiary/aromatic N) is 1. The van der Waals surface area contributed by atoms with Crippen molar-refractivity contribution in [3.63, 3.8) is 0 Å². The van der Waals surface area contributed by atoms with Gasteiger partial charge in [0.1, 0.15) is 12.4 Å². The molecule has 2 aromatic carbocycles. The van der Waals surface area contributed by atoms with Crippen molar-refractivity contribution in [2.75, 3.05) is 27.2 Å². The summed E-state index contributed by atoms with van der Waals surface area (Å²) in [5, 5.41) is 0. The molecular formula is C19H26N2O. The third-order valence-electron chi connectivity index (χ3n) is 3.51. The molecule has 3 nitrogen and oxygen atoms in total. The summed E-state index contributed by atoms with van der Waals surface area (Å²) in [6, 6.07) is 17.1. The molecule has 0 aliphatic heterocycles. The monoisotopic (exact) mass is 298 g/mol. The van der Waals surface area contributed by atoms with Gasteiger partial charge in [0.15, 0.2) is 0 Å². The lowest BCUT2D eigenvalue weighted by Gasteiger charge is -2.11. The molecule has 0 spiro atoms. The average molecular weight is 298 g/mol. The van der Waals surface area contributed by atoms with Gasteiger partial charge < -0.3 is 15.4 Å². The topological polar surface area (TPSA) is 38.5 Å². The van der Waals surface area contributed by atoms with Gasteiger partial charge >= 0.3 is 0 Å². The van der Waals surface area contributed by atoms with E-state index in [1.54, 1.807) is 0 Å². The predicted molar refractivity (Wildman–Crippen MR) is 93.3 cm³/mol. The lowest BCUT2D eigenvalue weighted by atomic mass is 10.0. The van der Waals surface area contributed by atoms with Crippen molar-refractivity contribution in [1.82, 2.24) is 4.90 Å². The zero-order valence-corrected chi connectivity index (χ0v) is 13.8. The first-order valence-corrected chi connectivity index (χ1v) is 7.77. The molecule has 3 heteroatoms. The Morgan fingerprint density at radius 3 is 2.00 bits per heavy atom. The third-order valence-corrected chi connectivity index (χ3v) is 3.51. The molecule has 0 saturated heterocycles. The van der Waals surface area contributed by atoms with E-state index in [-0.39, 0.29) is 6.04 Å². The van der Waals surface area contributed by atoms with Crippen molar-refractivity contribution in [1.29, 1.82) is 0 Å². The molecule has 0 amide bonds. The van der Waals surface area contributed by atoms with Gasteiger partial charge in [-0.25, -0.2) is 0 Å². The van der Waals surface area contributed by atoms with Crippen molar-refractivity contribution < 1.29 is 4.74 Å². The molecule has 0 aliphatic rings. The van der Waals surface area contributed by atoms with Crippen molar-refractivity contribution in [3.8, 4) is 16.9 Å². The van der Waals surface area contributed by atoms with Gasteiger partial charge in [0.25, 0.3) is 0 Å². The highest BCUT2D eigenvalue weighted by Crippen LogP contribution is 2.23. The van der Waals surface area contributed by atoms with E-state index in [4.69, 9.17) is 10.5 Å². The second kappa shape index (κ2) is 7.97. The summed E-state index contributed by atoms with van der Waals surface area (Å²) in [6.07, 6.45) is 0.916. The molecule has 0 aromatic heterocycles. The van der Waals surface area contributed by atoms with E-state index < -0.39 is 0 Å². The molecule has 118 valence electrons. The minimum absolute atomic E-state index is 0.199. The zero-order chi connectivity index (χ0) is 15.9. The highest BCUT2D eigenvalue weighted by Gasteiger charge is 2.01. The maximum absolute atomic E-state index is 5.83. The molecule has 2 N–H and O–H groups in total. The van der Waals surface area contributed by atoms with Crippen LogP contribution in [0.25, 0.3) is 11.1 Å². The van der Waals surface area contributed by atoms with Gasteiger partial charge in [-0.3, -0.25) is 0 Å². The van der Waals surface area contributed by atoms with Gasteiger partial charge in [-0.2, -0.15) is 0 Å². The minimum atomic E-state index is 0.199. The van der Waals surface area contributed by atoms with E-state index in [0.29, 0.717) is 6.61 Å². The first-order chi connectivity index (χ1) is 10.5. The van der Waals surface area contributed by atoms with E-state index in [0.717, 1.165) is 18.7 Å². The second-order valence-corrected chi connectivity index (χ2v) is 6.05. The Bertz CT molecular complexity index is 559. The fraction of sp³-hybridized carbons (Fsp3) is 0.368. The number of benzene rings is 2. The van der Waals surface area contributed by atoms with Crippen LogP contribution in [0.4, 0.5) is 0 Å². The van der Waals surface area contributed by atoms with Crippen LogP contribution in [0.5, 0.6) is 5.75 Å². The standard InChI is InChI=1S/C19H26N2O/c1-15(20)14-16-4-6-17(7-5-16)18-8-10-19(11-9-18)22-13-12-21(2)3/h4-11,15H,12-14,20H2,1-3H3. The Hall–Kier alpha value is -1.84. The molecule has 1 unspecified atom stereocenters. The lowest BCUT2D eigenvalue weighted by molar-refractivity contribution is 0.261. The van der Waals surface area contributed by atoms with Crippen molar-refractivity contribution in [3.05, 3.63) is 54.1 Å². The van der Waals surface area contributed by atoms with E-state index in [1.807, 2.05) is 33.2 Å². The lowest BCUT2D eigenvalue weighted by Crippen LogP contribution is -2.19. The van der Waals surface area contributed by atoms with Crippen LogP contribution in [-0.2, 0) is 6.42 Å². The fourth-order valence-electron chi connectivity index (χ4n) is 2.29. The summed E-state index contributed by atoms with van der Waals surface area (Å²) in [4.78, 5) is 2.11. The van der Waals surface area contributed by atoms with Gasteiger partial charge in [0.2, 0.25) is 0 Å². The molecular weight excluding hydrogens is 272 g/mol. The van der Waals surface area contributed by atoms with Crippen molar-refractivity contribution >= 4 is 0 Å². The number of likely N-dealkylation sites (N-methyl/N-ethyl adjacent to an activating group) is 1. The van der Waals surface area contributed by atoms with Gasteiger partial charge in [-0.1, -0.05) is 36.4 Å². The van der Waals surface area contributed by atoms with Crippen LogP contribution in [0.1, 0.15) is 12.5 Å². The molecule has 0 aliphatic carbocycles. The SMILES string of the molecule is CC(N)Cc1ccc(-c2ccc(OCCN(C)C)cc2)cc1. The highest BCUT2D eigenvalue weighted by atomic mass is 16.5. The van der Waals surface area contributed by atoms with Crippen LogP contribution >= 0.6 is 0 Å². The third kappa shape index (κ3) is 5.17. The summed E-state index contributed by atoms with van der Waals surface area (Å²) in [6.45, 7) is 3.66. The summed E-state index contributed by atoms with van der Waals surface area (Å²) in [7, 11) is 4.09. The summed E-state index contributed by atoms with van der Waals surface area (Å²) in [5.41, 5.74) is 9.53. The van der Waals surface area contributed by atoms with E-state index in [9.17, 15) is 0 Å². The van der Waals surface area contributed by atoms with Crippen LogP contribution in [0, 0.1) is 0 Å². The molecule has 0 bridgehead atoms. The Labute approximate surface area is 133 Å². The molecule has 22 heavy (non-hydrogen) atoms.